The van der Waals surface area contributed by atoms with Gasteiger partial charge in [0, 0.05) is 19.0 Å². The molecule has 0 aliphatic carbocycles. The predicted octanol–water partition coefficient (Wildman–Crippen LogP) is -0.0769. The highest BCUT2D eigenvalue weighted by atomic mass is 16.4. The van der Waals surface area contributed by atoms with Gasteiger partial charge in [0.15, 0.2) is 0 Å². The maximum absolute atomic E-state index is 13.3. The van der Waals surface area contributed by atoms with E-state index in [1.165, 1.54) is 6.08 Å². The monoisotopic (exact) mass is 471 g/mol. The van der Waals surface area contributed by atoms with Crippen LogP contribution in [0.5, 0.6) is 0 Å². The summed E-state index contributed by atoms with van der Waals surface area (Å²) in [4.78, 5) is 73.2. The largest absolute Gasteiger partial charge is 0.481 e. The van der Waals surface area contributed by atoms with E-state index >= 15 is 0 Å². The molecule has 34 heavy (non-hydrogen) atoms. The number of benzene rings is 1. The lowest BCUT2D eigenvalue weighted by Gasteiger charge is -2.42. The Labute approximate surface area is 195 Å². The van der Waals surface area contributed by atoms with Gasteiger partial charge in [-0.3, -0.25) is 24.6 Å². The van der Waals surface area contributed by atoms with Gasteiger partial charge in [0.1, 0.15) is 12.3 Å². The first-order valence-electron chi connectivity index (χ1n) is 10.7. The van der Waals surface area contributed by atoms with Crippen molar-refractivity contribution in [3.63, 3.8) is 0 Å². The van der Waals surface area contributed by atoms with Crippen molar-refractivity contribution < 1.29 is 33.9 Å². The lowest BCUT2D eigenvalue weighted by Crippen LogP contribution is -2.64. The number of hydrogen-bond donors (Lipinski definition) is 3. The summed E-state index contributed by atoms with van der Waals surface area (Å²) in [6.45, 7) is 0.107. The van der Waals surface area contributed by atoms with Crippen molar-refractivity contribution in [1.82, 2.24) is 25.8 Å². The zero-order valence-electron chi connectivity index (χ0n) is 18.3. The number of carboxylic acid groups (broad SMARTS) is 1. The van der Waals surface area contributed by atoms with Crippen LogP contribution in [0.25, 0.3) is 6.08 Å². The van der Waals surface area contributed by atoms with E-state index in [1.807, 2.05) is 18.2 Å². The smallest absolute Gasteiger partial charge is 0.358 e. The summed E-state index contributed by atoms with van der Waals surface area (Å²) < 4.78 is 0. The second-order valence-electron chi connectivity index (χ2n) is 7.77. The number of carbonyl (C=O) groups excluding carboxylic acids is 5. The average Bonchev–Trinajstić information content (AvgIpc) is 2.94. The summed E-state index contributed by atoms with van der Waals surface area (Å²) in [5.74, 6) is -3.04. The Balaban J connectivity index is 1.75. The minimum Gasteiger partial charge on any atom is -0.481 e. The number of hydrogen-bond acceptors (Lipinski definition) is 6. The Hall–Kier alpha value is -4.22. The lowest BCUT2D eigenvalue weighted by atomic mass is 10.1. The molecule has 0 radical (unpaired) electrons. The molecule has 2 heterocycles. The van der Waals surface area contributed by atoms with Gasteiger partial charge in [0.25, 0.3) is 5.91 Å². The molecule has 0 aromatic heterocycles. The van der Waals surface area contributed by atoms with E-state index in [0.29, 0.717) is 12.7 Å². The van der Waals surface area contributed by atoms with Gasteiger partial charge < -0.3 is 15.2 Å². The molecule has 2 aliphatic rings. The van der Waals surface area contributed by atoms with E-state index in [9.17, 15) is 28.8 Å². The number of aliphatic carboxylic acids is 1. The molecule has 2 saturated heterocycles. The maximum Gasteiger partial charge on any atom is 0.358 e. The molecule has 1 aromatic rings. The second kappa shape index (κ2) is 11.1. The highest BCUT2D eigenvalue weighted by Crippen LogP contribution is 2.23. The van der Waals surface area contributed by atoms with Gasteiger partial charge >= 0.3 is 12.0 Å². The summed E-state index contributed by atoms with van der Waals surface area (Å²) in [7, 11) is 0. The van der Waals surface area contributed by atoms with Crippen LogP contribution in [0, 0.1) is 0 Å². The number of carboxylic acids is 1. The van der Waals surface area contributed by atoms with Gasteiger partial charge in [-0.05, 0) is 24.5 Å². The van der Waals surface area contributed by atoms with Crippen LogP contribution in [0.1, 0.15) is 31.2 Å². The van der Waals surface area contributed by atoms with E-state index < -0.39 is 48.2 Å². The second-order valence-corrected chi connectivity index (χ2v) is 7.77. The van der Waals surface area contributed by atoms with Gasteiger partial charge in [0.05, 0.1) is 19.0 Å². The molecule has 12 nitrogen and oxygen atoms in total. The van der Waals surface area contributed by atoms with Crippen LogP contribution < -0.4 is 10.7 Å². The van der Waals surface area contributed by atoms with Crippen molar-refractivity contribution in [1.29, 1.82) is 0 Å². The number of hydrazine groups is 2. The van der Waals surface area contributed by atoms with Crippen LogP contribution in [0.3, 0.4) is 0 Å². The number of urea groups is 1. The summed E-state index contributed by atoms with van der Waals surface area (Å²) in [5.41, 5.74) is 3.22. The van der Waals surface area contributed by atoms with Crippen LogP contribution in [0.2, 0.25) is 0 Å². The Morgan fingerprint density at radius 1 is 1.15 bits per heavy atom. The molecule has 180 valence electrons. The first kappa shape index (κ1) is 24.4. The number of carbonyl (C=O) groups is 6. The Bertz CT molecular complexity index is 997. The van der Waals surface area contributed by atoms with Crippen molar-refractivity contribution in [2.24, 2.45) is 0 Å². The van der Waals surface area contributed by atoms with Crippen molar-refractivity contribution >= 4 is 42.1 Å². The molecule has 1 aromatic carbocycles. The minimum atomic E-state index is -1.28. The van der Waals surface area contributed by atoms with Gasteiger partial charge in [-0.15, -0.1) is 0 Å². The van der Waals surface area contributed by atoms with Gasteiger partial charge in [-0.1, -0.05) is 30.3 Å². The van der Waals surface area contributed by atoms with Crippen LogP contribution >= 0.6 is 0 Å². The van der Waals surface area contributed by atoms with Crippen LogP contribution in [-0.2, 0) is 24.0 Å². The summed E-state index contributed by atoms with van der Waals surface area (Å²) in [6, 6.07) is 5.83. The number of nitrogens with one attached hydrogen (secondary N) is 2. The fraction of sp³-hybridized carbons (Fsp3) is 0.364. The first-order valence-corrected chi connectivity index (χ1v) is 10.7. The molecule has 3 rings (SSSR count). The van der Waals surface area contributed by atoms with Gasteiger partial charge in [-0.2, -0.15) is 0 Å². The van der Waals surface area contributed by atoms with Gasteiger partial charge in [-0.25, -0.2) is 19.8 Å². The highest BCUT2D eigenvalue weighted by molar-refractivity contribution is 5.95. The van der Waals surface area contributed by atoms with Crippen molar-refractivity contribution in [2.75, 3.05) is 13.1 Å². The van der Waals surface area contributed by atoms with Crippen molar-refractivity contribution in [3.8, 4) is 0 Å². The van der Waals surface area contributed by atoms with Crippen LogP contribution in [0.15, 0.2) is 36.4 Å². The average molecular weight is 471 g/mol. The highest BCUT2D eigenvalue weighted by Gasteiger charge is 2.44. The molecular formula is C22H25N5O7. The molecule has 0 saturated carbocycles. The third-order valence-electron chi connectivity index (χ3n) is 5.33. The molecule has 2 fully saturated rings. The molecule has 0 spiro atoms. The summed E-state index contributed by atoms with van der Waals surface area (Å²) in [6.07, 6.45) is 3.03. The van der Waals surface area contributed by atoms with Gasteiger partial charge in [0.2, 0.25) is 11.8 Å². The third-order valence-corrected chi connectivity index (χ3v) is 5.33. The van der Waals surface area contributed by atoms with Crippen molar-refractivity contribution in [2.45, 2.75) is 37.8 Å². The molecule has 3 N–H and O–H groups in total. The third kappa shape index (κ3) is 5.97. The van der Waals surface area contributed by atoms with E-state index in [-0.39, 0.29) is 25.9 Å². The molecule has 12 heteroatoms. The normalized spacial score (nSPS) is 19.3. The fourth-order valence-corrected chi connectivity index (χ4v) is 3.72. The van der Waals surface area contributed by atoms with E-state index in [0.717, 1.165) is 20.6 Å². The topological polar surface area (TPSA) is 156 Å². The maximum atomic E-state index is 13.3. The summed E-state index contributed by atoms with van der Waals surface area (Å²) in [5, 5.41) is 14.3. The molecular weight excluding hydrogens is 446 g/mol. The number of aldehydes is 1. The Morgan fingerprint density at radius 2 is 1.88 bits per heavy atom. The van der Waals surface area contributed by atoms with E-state index in [2.05, 4.69) is 10.7 Å². The minimum absolute atomic E-state index is 0.0742. The SMILES string of the molecule is O=CC(CC(=O)O)NC(=O)C1CCCN2C(=O)CCN(NC(=O)C=Cc3ccccc3)C(=O)N12. The fourth-order valence-electron chi connectivity index (χ4n) is 3.72. The number of fused-ring (bicyclic) bond motifs is 1. The number of amides is 5. The number of rotatable bonds is 8. The lowest BCUT2D eigenvalue weighted by molar-refractivity contribution is -0.155. The number of nitrogens with zero attached hydrogens (tertiary/aromatic N) is 3. The molecule has 2 unspecified atom stereocenters. The van der Waals surface area contributed by atoms with Crippen molar-refractivity contribution in [3.05, 3.63) is 42.0 Å². The Kier molecular flexibility index (Phi) is 7.96. The van der Waals surface area contributed by atoms with Crippen LogP contribution in [0.4, 0.5) is 4.79 Å². The standard InChI is InChI=1S/C22H25N5O7/c28-14-16(13-20(31)32)23-21(33)17-7-4-11-26-19(30)10-12-25(22(34)27(17)26)24-18(29)9-8-15-5-2-1-3-6-15/h1-3,5-6,8-9,14,16-17H,4,7,10-13H2,(H,23,33)(H,24,29)(H,31,32). The molecule has 2 atom stereocenters. The van der Waals surface area contributed by atoms with E-state index in [4.69, 9.17) is 5.11 Å². The molecule has 2 aliphatic heterocycles. The quantitative estimate of drug-likeness (QED) is 0.354. The first-order chi connectivity index (χ1) is 16.3. The van der Waals surface area contributed by atoms with E-state index in [1.54, 1.807) is 18.2 Å². The summed E-state index contributed by atoms with van der Waals surface area (Å²) >= 11 is 0. The zero-order chi connectivity index (χ0) is 24.7. The predicted molar refractivity (Wildman–Crippen MR) is 117 cm³/mol. The van der Waals surface area contributed by atoms with Crippen LogP contribution in [-0.4, -0.2) is 81.3 Å². The molecule has 5 amide bonds. The molecule has 0 bridgehead atoms. The zero-order valence-corrected chi connectivity index (χ0v) is 18.3. The Morgan fingerprint density at radius 3 is 2.56 bits per heavy atom.